The van der Waals surface area contributed by atoms with Crippen LogP contribution in [0.3, 0.4) is 0 Å². The second-order valence-corrected chi connectivity index (χ2v) is 6.05. The number of hydrogen-bond acceptors (Lipinski definition) is 4. The first-order chi connectivity index (χ1) is 8.59. The van der Waals surface area contributed by atoms with Crippen LogP contribution in [-0.4, -0.2) is 20.8 Å². The number of halogens is 1. The molecule has 2 unspecified atom stereocenters. The van der Waals surface area contributed by atoms with E-state index in [1.165, 1.54) is 5.56 Å². The molecule has 0 bridgehead atoms. The van der Waals surface area contributed by atoms with Gasteiger partial charge in [0.05, 0.1) is 5.25 Å². The first kappa shape index (κ1) is 13.6. The van der Waals surface area contributed by atoms with Gasteiger partial charge in [0.15, 0.2) is 5.16 Å². The lowest BCUT2D eigenvalue weighted by atomic mass is 10.1. The van der Waals surface area contributed by atoms with Crippen molar-refractivity contribution < 1.29 is 0 Å². The Hall–Kier alpha value is -0.850. The van der Waals surface area contributed by atoms with Gasteiger partial charge in [0.1, 0.15) is 6.33 Å². The molecule has 0 aliphatic heterocycles. The number of nitrogens with zero attached hydrogens (tertiary/aromatic N) is 3. The molecule has 18 heavy (non-hydrogen) atoms. The fraction of sp³-hybridized carbons (Fsp3) is 0.333. The maximum atomic E-state index is 6.11. The van der Waals surface area contributed by atoms with Gasteiger partial charge in [0.2, 0.25) is 0 Å². The minimum absolute atomic E-state index is 0.0189. The molecule has 0 saturated carbocycles. The first-order valence-electron chi connectivity index (χ1n) is 5.60. The minimum atomic E-state index is 0.0189. The van der Waals surface area contributed by atoms with E-state index in [2.05, 4.69) is 32.1 Å². The molecular formula is C12H15BrN4S. The monoisotopic (exact) mass is 326 g/mol. The van der Waals surface area contributed by atoms with E-state index < -0.39 is 0 Å². The van der Waals surface area contributed by atoms with Crippen molar-refractivity contribution in [3.8, 4) is 0 Å². The van der Waals surface area contributed by atoms with Crippen molar-refractivity contribution in [1.82, 2.24) is 14.8 Å². The Morgan fingerprint density at radius 1 is 1.39 bits per heavy atom. The topological polar surface area (TPSA) is 56.7 Å². The van der Waals surface area contributed by atoms with Gasteiger partial charge in [-0.2, -0.15) is 5.10 Å². The number of hydrogen-bond donors (Lipinski definition) is 1. The van der Waals surface area contributed by atoms with Crippen LogP contribution in [0.4, 0.5) is 0 Å². The van der Waals surface area contributed by atoms with Crippen LogP contribution in [0.15, 0.2) is 40.2 Å². The number of thioether (sulfide) groups is 1. The third-order valence-corrected chi connectivity index (χ3v) is 4.83. The molecular weight excluding hydrogens is 312 g/mol. The molecule has 0 radical (unpaired) electrons. The molecule has 1 aromatic heterocycles. The zero-order chi connectivity index (χ0) is 13.1. The van der Waals surface area contributed by atoms with E-state index in [9.17, 15) is 0 Å². The molecule has 1 aromatic carbocycles. The van der Waals surface area contributed by atoms with Gasteiger partial charge < -0.3 is 5.73 Å². The average Bonchev–Trinajstić information content (AvgIpc) is 2.73. The summed E-state index contributed by atoms with van der Waals surface area (Å²) in [5.41, 5.74) is 7.29. The molecule has 2 aromatic rings. The molecule has 2 N–H and O–H groups in total. The van der Waals surface area contributed by atoms with Crippen molar-refractivity contribution in [2.45, 2.75) is 23.4 Å². The lowest BCUT2D eigenvalue weighted by molar-refractivity contribution is 0.671. The Morgan fingerprint density at radius 2 is 2.11 bits per heavy atom. The van der Waals surface area contributed by atoms with E-state index in [1.807, 2.05) is 32.2 Å². The maximum absolute atomic E-state index is 6.11. The van der Waals surface area contributed by atoms with Gasteiger partial charge in [-0.15, -0.1) is 0 Å². The molecule has 0 saturated heterocycles. The lowest BCUT2D eigenvalue weighted by Crippen LogP contribution is -2.23. The summed E-state index contributed by atoms with van der Waals surface area (Å²) < 4.78 is 2.83. The van der Waals surface area contributed by atoms with Crippen molar-refractivity contribution in [2.75, 3.05) is 0 Å². The second-order valence-electron chi connectivity index (χ2n) is 4.09. The molecule has 0 aliphatic rings. The van der Waals surface area contributed by atoms with Gasteiger partial charge >= 0.3 is 0 Å². The summed E-state index contributed by atoms with van der Waals surface area (Å²) in [7, 11) is 1.88. The number of aromatic nitrogens is 3. The van der Waals surface area contributed by atoms with E-state index in [-0.39, 0.29) is 11.3 Å². The fourth-order valence-corrected chi connectivity index (χ4v) is 3.43. The summed E-state index contributed by atoms with van der Waals surface area (Å²) in [4.78, 5) is 4.24. The standard InChI is InChI=1S/C12H15BrN4S/c1-8(14)11(9-5-3-4-6-10(9)13)18-12-15-7-16-17(12)2/h3-8,11H,14H2,1-2H3. The molecule has 0 spiro atoms. The van der Waals surface area contributed by atoms with Crippen molar-refractivity contribution in [3.63, 3.8) is 0 Å². The highest BCUT2D eigenvalue weighted by atomic mass is 79.9. The molecule has 0 amide bonds. The van der Waals surface area contributed by atoms with Crippen molar-refractivity contribution in [2.24, 2.45) is 12.8 Å². The number of aryl methyl sites for hydroxylation is 1. The summed E-state index contributed by atoms with van der Waals surface area (Å²) in [6.45, 7) is 2.01. The molecule has 0 aliphatic carbocycles. The Bertz CT molecular complexity index is 526. The van der Waals surface area contributed by atoms with Crippen molar-refractivity contribution in [1.29, 1.82) is 0 Å². The van der Waals surface area contributed by atoms with Gasteiger partial charge in [-0.1, -0.05) is 45.9 Å². The van der Waals surface area contributed by atoms with Crippen LogP contribution < -0.4 is 5.73 Å². The van der Waals surface area contributed by atoms with Crippen LogP contribution in [-0.2, 0) is 7.05 Å². The third kappa shape index (κ3) is 2.93. The third-order valence-electron chi connectivity index (χ3n) is 2.59. The zero-order valence-corrected chi connectivity index (χ0v) is 12.6. The van der Waals surface area contributed by atoms with E-state index in [0.29, 0.717) is 0 Å². The minimum Gasteiger partial charge on any atom is -0.327 e. The van der Waals surface area contributed by atoms with Crippen LogP contribution in [0.1, 0.15) is 17.7 Å². The van der Waals surface area contributed by atoms with Crippen molar-refractivity contribution in [3.05, 3.63) is 40.6 Å². The molecule has 96 valence electrons. The molecule has 1 heterocycles. The number of benzene rings is 1. The van der Waals surface area contributed by atoms with Crippen LogP contribution in [0.25, 0.3) is 0 Å². The summed E-state index contributed by atoms with van der Waals surface area (Å²) in [6.07, 6.45) is 1.56. The molecule has 2 atom stereocenters. The van der Waals surface area contributed by atoms with Gasteiger partial charge in [0, 0.05) is 17.6 Å². The smallest absolute Gasteiger partial charge is 0.186 e. The Labute approximate surface area is 119 Å². The Kier molecular flexibility index (Phi) is 4.42. The summed E-state index contributed by atoms with van der Waals surface area (Å²) in [5.74, 6) is 0. The quantitative estimate of drug-likeness (QED) is 0.878. The predicted molar refractivity (Wildman–Crippen MR) is 77.4 cm³/mol. The lowest BCUT2D eigenvalue weighted by Gasteiger charge is -2.21. The van der Waals surface area contributed by atoms with Gasteiger partial charge in [0.25, 0.3) is 0 Å². The van der Waals surface area contributed by atoms with Gasteiger partial charge in [-0.3, -0.25) is 0 Å². The Balaban J connectivity index is 2.30. The number of rotatable bonds is 4. The van der Waals surface area contributed by atoms with E-state index in [4.69, 9.17) is 5.73 Å². The van der Waals surface area contributed by atoms with Gasteiger partial charge in [-0.25, -0.2) is 9.67 Å². The summed E-state index contributed by atoms with van der Waals surface area (Å²) in [5, 5.41) is 5.09. The first-order valence-corrected chi connectivity index (χ1v) is 7.27. The average molecular weight is 327 g/mol. The van der Waals surface area contributed by atoms with Crippen LogP contribution in [0.5, 0.6) is 0 Å². The highest BCUT2D eigenvalue weighted by molar-refractivity contribution is 9.10. The normalized spacial score (nSPS) is 14.4. The van der Waals surface area contributed by atoms with E-state index in [1.54, 1.807) is 22.8 Å². The Morgan fingerprint density at radius 3 is 2.67 bits per heavy atom. The van der Waals surface area contributed by atoms with E-state index >= 15 is 0 Å². The molecule has 6 heteroatoms. The highest BCUT2D eigenvalue weighted by Crippen LogP contribution is 2.38. The highest BCUT2D eigenvalue weighted by Gasteiger charge is 2.21. The predicted octanol–water partition coefficient (Wildman–Crippen LogP) is 2.76. The SMILES string of the molecule is CC(N)C(Sc1ncnn1C)c1ccccc1Br. The second kappa shape index (κ2) is 5.86. The van der Waals surface area contributed by atoms with Crippen LogP contribution in [0, 0.1) is 0 Å². The van der Waals surface area contributed by atoms with Crippen LogP contribution in [0.2, 0.25) is 0 Å². The van der Waals surface area contributed by atoms with Crippen molar-refractivity contribution >= 4 is 27.7 Å². The largest absolute Gasteiger partial charge is 0.327 e. The molecule has 2 rings (SSSR count). The summed E-state index contributed by atoms with van der Waals surface area (Å²) in [6, 6.07) is 8.15. The van der Waals surface area contributed by atoms with Crippen LogP contribution >= 0.6 is 27.7 Å². The van der Waals surface area contributed by atoms with Gasteiger partial charge in [-0.05, 0) is 18.6 Å². The zero-order valence-electron chi connectivity index (χ0n) is 10.2. The molecule has 4 nitrogen and oxygen atoms in total. The van der Waals surface area contributed by atoms with E-state index in [0.717, 1.165) is 9.63 Å². The molecule has 0 fully saturated rings. The maximum Gasteiger partial charge on any atom is 0.186 e. The number of nitrogens with two attached hydrogens (primary N) is 1. The fourth-order valence-electron chi connectivity index (χ4n) is 1.67. The summed E-state index contributed by atoms with van der Waals surface area (Å²) >= 11 is 5.21.